The number of alkyl halides is 2. The molecule has 2 N–H and O–H groups in total. The third kappa shape index (κ3) is 10.7. The lowest BCUT2D eigenvalue weighted by Crippen LogP contribution is -2.21. The first kappa shape index (κ1) is 10.5. The quantitative estimate of drug-likeness (QED) is 0.557. The molecule has 0 radical (unpaired) electrons. The first-order chi connectivity index (χ1) is 2.56. The second-order valence-corrected chi connectivity index (χ2v) is 2.06. The van der Waals surface area contributed by atoms with Crippen molar-refractivity contribution >= 4 is 24.0 Å². The Morgan fingerprint density at radius 2 is 2.00 bits per heavy atom. The predicted molar refractivity (Wildman–Crippen MR) is 31.7 cm³/mol. The maximum atomic E-state index is 11.8. The van der Waals surface area contributed by atoms with E-state index in [0.717, 1.165) is 0 Å². The monoisotopic (exact) mass is 147 g/mol. The molecule has 0 bridgehead atoms. The molecule has 0 saturated heterocycles. The molecule has 0 spiro atoms. The highest BCUT2D eigenvalue weighted by Gasteiger charge is 2.13. The molecular formula is C3H8Cl2FN. The van der Waals surface area contributed by atoms with E-state index in [9.17, 15) is 4.39 Å². The van der Waals surface area contributed by atoms with Gasteiger partial charge in [0, 0.05) is 6.54 Å². The van der Waals surface area contributed by atoms with Gasteiger partial charge in [0.2, 0.25) is 0 Å². The summed E-state index contributed by atoms with van der Waals surface area (Å²) in [6.45, 7) is 1.09. The van der Waals surface area contributed by atoms with E-state index in [0.29, 0.717) is 0 Å². The third-order valence-corrected chi connectivity index (χ3v) is 0.513. The fourth-order valence-corrected chi connectivity index (χ4v) is 0. The highest BCUT2D eigenvalue weighted by Crippen LogP contribution is 2.11. The Kier molecular flexibility index (Phi) is 5.18. The second kappa shape index (κ2) is 3.47. The van der Waals surface area contributed by atoms with Crippen molar-refractivity contribution < 1.29 is 4.39 Å². The average Bonchev–Trinajstić information content (AvgIpc) is 1.35. The Bertz CT molecular complexity index is 42.7. The highest BCUT2D eigenvalue weighted by molar-refractivity contribution is 6.22. The van der Waals surface area contributed by atoms with Crippen LogP contribution in [0.25, 0.3) is 0 Å². The second-order valence-electron chi connectivity index (χ2n) is 1.27. The van der Waals surface area contributed by atoms with Crippen LogP contribution in [0.15, 0.2) is 0 Å². The molecule has 46 valence electrons. The highest BCUT2D eigenvalue weighted by atomic mass is 35.5. The van der Waals surface area contributed by atoms with Crippen LogP contribution in [0, 0.1) is 0 Å². The normalized spacial score (nSPS) is 17.1. The molecule has 0 heterocycles. The fourth-order valence-electron chi connectivity index (χ4n) is 0. The van der Waals surface area contributed by atoms with E-state index in [4.69, 9.17) is 17.3 Å². The van der Waals surface area contributed by atoms with Gasteiger partial charge in [-0.3, -0.25) is 0 Å². The van der Waals surface area contributed by atoms with Gasteiger partial charge in [-0.25, -0.2) is 4.39 Å². The van der Waals surface area contributed by atoms with E-state index in [1.807, 2.05) is 0 Å². The largest absolute Gasteiger partial charge is 0.326 e. The van der Waals surface area contributed by atoms with Gasteiger partial charge in [0.25, 0.3) is 0 Å². The van der Waals surface area contributed by atoms with Crippen molar-refractivity contribution in [3.05, 3.63) is 0 Å². The molecule has 0 aliphatic carbocycles. The molecule has 0 aromatic heterocycles. The molecule has 0 fully saturated rings. The summed E-state index contributed by atoms with van der Waals surface area (Å²) in [5.41, 5.74) is 4.80. The third-order valence-electron chi connectivity index (χ3n) is 0.358. The summed E-state index contributed by atoms with van der Waals surface area (Å²) in [6.07, 6.45) is 0. The van der Waals surface area contributed by atoms with Gasteiger partial charge in [-0.2, -0.15) is 0 Å². The number of rotatable bonds is 1. The Balaban J connectivity index is 0. The van der Waals surface area contributed by atoms with Gasteiger partial charge in [-0.1, -0.05) is 11.6 Å². The zero-order chi connectivity index (χ0) is 5.21. The molecule has 0 amide bonds. The predicted octanol–water partition coefficient (Wildman–Crippen LogP) is 1.29. The van der Waals surface area contributed by atoms with Crippen molar-refractivity contribution in [2.24, 2.45) is 5.73 Å². The molecule has 0 aromatic rings. The molecule has 4 heteroatoms. The summed E-state index contributed by atoms with van der Waals surface area (Å²) >= 11 is 4.93. The summed E-state index contributed by atoms with van der Waals surface area (Å²) in [7, 11) is 0. The molecule has 0 saturated carbocycles. The van der Waals surface area contributed by atoms with Crippen molar-refractivity contribution in [3.63, 3.8) is 0 Å². The first-order valence-electron chi connectivity index (χ1n) is 1.64. The number of hydrogen-bond acceptors (Lipinski definition) is 1. The van der Waals surface area contributed by atoms with Gasteiger partial charge in [0.15, 0.2) is 5.13 Å². The van der Waals surface area contributed by atoms with E-state index in [-0.39, 0.29) is 19.0 Å². The molecule has 0 aromatic carbocycles. The molecule has 0 aliphatic rings. The van der Waals surface area contributed by atoms with Gasteiger partial charge in [0.1, 0.15) is 0 Å². The van der Waals surface area contributed by atoms with Crippen molar-refractivity contribution in [3.8, 4) is 0 Å². The zero-order valence-corrected chi connectivity index (χ0v) is 5.52. The van der Waals surface area contributed by atoms with Crippen molar-refractivity contribution in [2.45, 2.75) is 12.1 Å². The summed E-state index contributed by atoms with van der Waals surface area (Å²) in [6, 6.07) is 0. The first-order valence-corrected chi connectivity index (χ1v) is 2.02. The Morgan fingerprint density at radius 3 is 2.00 bits per heavy atom. The van der Waals surface area contributed by atoms with E-state index >= 15 is 0 Å². The zero-order valence-electron chi connectivity index (χ0n) is 3.95. The SMILES string of the molecule is CC(F)(Cl)CN.Cl. The summed E-state index contributed by atoms with van der Waals surface area (Å²) < 4.78 is 11.8. The van der Waals surface area contributed by atoms with Crippen LogP contribution in [0.3, 0.4) is 0 Å². The van der Waals surface area contributed by atoms with Gasteiger partial charge in [0.05, 0.1) is 0 Å². The van der Waals surface area contributed by atoms with Crippen molar-refractivity contribution in [1.82, 2.24) is 0 Å². The standard InChI is InChI=1S/C3H7ClFN.ClH/c1-3(4,5)2-6;/h2,6H2,1H3;1H. The molecule has 0 rings (SSSR count). The fraction of sp³-hybridized carbons (Fsp3) is 1.00. The lowest BCUT2D eigenvalue weighted by atomic mass is 10.4. The minimum atomic E-state index is -1.71. The van der Waals surface area contributed by atoms with E-state index in [2.05, 4.69) is 0 Å². The molecule has 1 nitrogen and oxygen atoms in total. The number of halogens is 3. The van der Waals surface area contributed by atoms with Crippen molar-refractivity contribution in [1.29, 1.82) is 0 Å². The topological polar surface area (TPSA) is 26.0 Å². The smallest absolute Gasteiger partial charge is 0.192 e. The van der Waals surface area contributed by atoms with Crippen LogP contribution in [-0.2, 0) is 0 Å². The van der Waals surface area contributed by atoms with E-state index in [1.165, 1.54) is 6.92 Å². The molecule has 0 aliphatic heterocycles. The van der Waals surface area contributed by atoms with E-state index < -0.39 is 5.13 Å². The lowest BCUT2D eigenvalue weighted by molar-refractivity contribution is 0.315. The summed E-state index contributed by atoms with van der Waals surface area (Å²) in [4.78, 5) is 0. The van der Waals surface area contributed by atoms with Crippen LogP contribution in [-0.4, -0.2) is 11.7 Å². The van der Waals surface area contributed by atoms with Crippen LogP contribution in [0.1, 0.15) is 6.92 Å². The summed E-state index contributed by atoms with van der Waals surface area (Å²) in [5.74, 6) is 0. The maximum absolute atomic E-state index is 11.8. The van der Waals surface area contributed by atoms with Gasteiger partial charge in [-0.05, 0) is 6.92 Å². The van der Waals surface area contributed by atoms with Gasteiger partial charge >= 0.3 is 0 Å². The van der Waals surface area contributed by atoms with Crippen LogP contribution < -0.4 is 5.73 Å². The van der Waals surface area contributed by atoms with Crippen LogP contribution >= 0.6 is 24.0 Å². The average molecular weight is 148 g/mol. The minimum absolute atomic E-state index is 0. The van der Waals surface area contributed by atoms with Crippen LogP contribution in [0.5, 0.6) is 0 Å². The number of hydrogen-bond donors (Lipinski definition) is 1. The van der Waals surface area contributed by atoms with Crippen molar-refractivity contribution in [2.75, 3.05) is 6.54 Å². The van der Waals surface area contributed by atoms with E-state index in [1.54, 1.807) is 0 Å². The van der Waals surface area contributed by atoms with Crippen LogP contribution in [0.4, 0.5) is 4.39 Å². The lowest BCUT2D eigenvalue weighted by Gasteiger charge is -2.03. The molecular weight excluding hydrogens is 140 g/mol. The van der Waals surface area contributed by atoms with Gasteiger partial charge < -0.3 is 5.73 Å². The van der Waals surface area contributed by atoms with Crippen LogP contribution in [0.2, 0.25) is 0 Å². The molecule has 1 unspecified atom stereocenters. The Labute approximate surface area is 53.4 Å². The Morgan fingerprint density at radius 1 is 1.86 bits per heavy atom. The molecule has 7 heavy (non-hydrogen) atoms. The number of nitrogens with two attached hydrogens (primary N) is 1. The Hall–Kier alpha value is 0.470. The summed E-state index contributed by atoms with van der Waals surface area (Å²) in [5, 5.41) is -1.71. The minimum Gasteiger partial charge on any atom is -0.326 e. The maximum Gasteiger partial charge on any atom is 0.192 e. The molecule has 1 atom stereocenters. The van der Waals surface area contributed by atoms with Gasteiger partial charge in [-0.15, -0.1) is 12.4 Å².